The molecule has 0 aromatic heterocycles. The fraction of sp³-hybridized carbons (Fsp3) is 0.167. The lowest BCUT2D eigenvalue weighted by atomic mass is 9.95. The van der Waals surface area contributed by atoms with Crippen molar-refractivity contribution in [2.24, 2.45) is 0 Å². The van der Waals surface area contributed by atoms with E-state index in [4.69, 9.17) is 4.74 Å². The zero-order valence-corrected chi connectivity index (χ0v) is 17.5. The molecule has 0 fully saturated rings. The number of nitrogens with one attached hydrogen (secondary N) is 1. The van der Waals surface area contributed by atoms with Crippen LogP contribution in [-0.4, -0.2) is 25.0 Å². The number of methoxy groups -OCH3 is 1. The van der Waals surface area contributed by atoms with Gasteiger partial charge in [0.25, 0.3) is 0 Å². The van der Waals surface area contributed by atoms with Gasteiger partial charge < -0.3 is 10.1 Å². The van der Waals surface area contributed by atoms with Crippen molar-refractivity contribution in [3.63, 3.8) is 0 Å². The van der Waals surface area contributed by atoms with E-state index in [9.17, 15) is 9.59 Å². The number of esters is 1. The Labute approximate surface area is 178 Å². The number of rotatable bonds is 5. The summed E-state index contributed by atoms with van der Waals surface area (Å²) in [7, 11) is 1.34. The predicted molar refractivity (Wildman–Crippen MR) is 116 cm³/mol. The monoisotopic (exact) mass is 449 g/mol. The van der Waals surface area contributed by atoms with E-state index in [1.165, 1.54) is 7.11 Å². The third kappa shape index (κ3) is 3.70. The number of carbonyl (C=O) groups is 2. The number of halogens is 1. The molecule has 1 aliphatic carbocycles. The zero-order valence-electron chi connectivity index (χ0n) is 15.9. The van der Waals surface area contributed by atoms with Crippen molar-refractivity contribution in [1.82, 2.24) is 5.32 Å². The molecule has 0 aliphatic heterocycles. The van der Waals surface area contributed by atoms with E-state index >= 15 is 0 Å². The van der Waals surface area contributed by atoms with Crippen molar-refractivity contribution >= 4 is 27.8 Å². The maximum atomic E-state index is 13.3. The lowest BCUT2D eigenvalue weighted by Crippen LogP contribution is -2.45. The lowest BCUT2D eigenvalue weighted by Gasteiger charge is -2.21. The normalized spacial score (nSPS) is 13.3. The van der Waals surface area contributed by atoms with Gasteiger partial charge in [-0.15, -0.1) is 0 Å². The Kier molecular flexibility index (Phi) is 5.49. The first-order valence-electron chi connectivity index (χ1n) is 9.40. The topological polar surface area (TPSA) is 55.4 Å². The Morgan fingerprint density at radius 1 is 0.931 bits per heavy atom. The highest BCUT2D eigenvalue weighted by molar-refractivity contribution is 9.10. The highest BCUT2D eigenvalue weighted by Gasteiger charge is 2.35. The molecule has 29 heavy (non-hydrogen) atoms. The molecule has 146 valence electrons. The van der Waals surface area contributed by atoms with Crippen molar-refractivity contribution in [3.8, 4) is 11.1 Å². The van der Waals surface area contributed by atoms with Crippen molar-refractivity contribution in [1.29, 1.82) is 0 Å². The number of hydrogen-bond donors (Lipinski definition) is 1. The van der Waals surface area contributed by atoms with E-state index in [0.29, 0.717) is 6.42 Å². The highest BCUT2D eigenvalue weighted by Crippen LogP contribution is 2.44. The summed E-state index contributed by atoms with van der Waals surface area (Å²) in [4.78, 5) is 25.8. The van der Waals surface area contributed by atoms with Crippen molar-refractivity contribution in [2.75, 3.05) is 7.11 Å². The minimum atomic E-state index is -0.772. The largest absolute Gasteiger partial charge is 0.467 e. The summed E-state index contributed by atoms with van der Waals surface area (Å²) in [6, 6.07) is 22.7. The third-order valence-corrected chi connectivity index (χ3v) is 6.05. The number of carbonyl (C=O) groups excluding carboxylic acids is 2. The molecule has 1 N–H and O–H groups in total. The van der Waals surface area contributed by atoms with Crippen LogP contribution in [0.15, 0.2) is 77.3 Å². The van der Waals surface area contributed by atoms with Crippen LogP contribution in [-0.2, 0) is 20.7 Å². The van der Waals surface area contributed by atoms with Crippen LogP contribution < -0.4 is 5.32 Å². The summed E-state index contributed by atoms with van der Waals surface area (Å²) >= 11 is 3.51. The highest BCUT2D eigenvalue weighted by atomic mass is 79.9. The summed E-state index contributed by atoms with van der Waals surface area (Å²) in [5, 5.41) is 2.93. The Bertz CT molecular complexity index is 1030. The average Bonchev–Trinajstić information content (AvgIpc) is 3.09. The van der Waals surface area contributed by atoms with E-state index in [0.717, 1.165) is 32.3 Å². The molecule has 3 aromatic rings. The molecule has 1 aliphatic rings. The van der Waals surface area contributed by atoms with Gasteiger partial charge >= 0.3 is 5.97 Å². The van der Waals surface area contributed by atoms with Gasteiger partial charge in [0.1, 0.15) is 6.04 Å². The molecule has 3 aromatic carbocycles. The predicted octanol–water partition coefficient (Wildman–Crippen LogP) is 4.46. The van der Waals surface area contributed by atoms with Gasteiger partial charge in [-0.2, -0.15) is 0 Å². The Morgan fingerprint density at radius 2 is 1.48 bits per heavy atom. The standard InChI is InChI=1S/C24H20BrNO3/c1-29-24(28)21(14-15-8-2-7-13-20(15)25)26-23(27)22-18-11-5-3-9-16(18)17-10-4-6-12-19(17)22/h2-13,21-22H,14H2,1H3,(H,26,27)/t21-/m1/s1. The first-order chi connectivity index (χ1) is 14.1. The van der Waals surface area contributed by atoms with Crippen LogP contribution in [0, 0.1) is 0 Å². The molecular formula is C24H20BrNO3. The van der Waals surface area contributed by atoms with Crippen molar-refractivity contribution in [3.05, 3.63) is 94.0 Å². The van der Waals surface area contributed by atoms with Gasteiger partial charge in [0.2, 0.25) is 5.91 Å². The maximum absolute atomic E-state index is 13.3. The maximum Gasteiger partial charge on any atom is 0.328 e. The molecule has 0 radical (unpaired) electrons. The number of amides is 1. The lowest BCUT2D eigenvalue weighted by molar-refractivity contribution is -0.145. The molecular weight excluding hydrogens is 430 g/mol. The number of hydrogen-bond acceptors (Lipinski definition) is 3. The van der Waals surface area contributed by atoms with Crippen LogP contribution >= 0.6 is 15.9 Å². The van der Waals surface area contributed by atoms with Gasteiger partial charge in [-0.25, -0.2) is 4.79 Å². The van der Waals surface area contributed by atoms with Crippen LogP contribution in [0.25, 0.3) is 11.1 Å². The second-order valence-electron chi connectivity index (χ2n) is 6.99. The van der Waals surface area contributed by atoms with Crippen LogP contribution in [0.3, 0.4) is 0 Å². The Hall–Kier alpha value is -2.92. The van der Waals surface area contributed by atoms with E-state index < -0.39 is 17.9 Å². The molecule has 0 saturated heterocycles. The van der Waals surface area contributed by atoms with Crippen LogP contribution in [0.4, 0.5) is 0 Å². The number of fused-ring (bicyclic) bond motifs is 3. The smallest absolute Gasteiger partial charge is 0.328 e. The van der Waals surface area contributed by atoms with E-state index in [-0.39, 0.29) is 5.91 Å². The summed E-state index contributed by atoms with van der Waals surface area (Å²) in [5.74, 6) is -1.12. The van der Waals surface area contributed by atoms with Crippen LogP contribution in [0.2, 0.25) is 0 Å². The second-order valence-corrected chi connectivity index (χ2v) is 7.84. The number of ether oxygens (including phenoxy) is 1. The van der Waals surface area contributed by atoms with Gasteiger partial charge in [-0.1, -0.05) is 82.7 Å². The summed E-state index contributed by atoms with van der Waals surface area (Å²) in [6.45, 7) is 0. The molecule has 4 rings (SSSR count). The minimum Gasteiger partial charge on any atom is -0.467 e. The van der Waals surface area contributed by atoms with E-state index in [1.54, 1.807) is 0 Å². The SMILES string of the molecule is COC(=O)[C@@H](Cc1ccccc1Br)NC(=O)C1c2ccccc2-c2ccccc21. The van der Waals surface area contributed by atoms with Gasteiger partial charge in [0, 0.05) is 10.9 Å². The van der Waals surface area contributed by atoms with E-state index in [2.05, 4.69) is 21.2 Å². The Morgan fingerprint density at radius 3 is 2.07 bits per heavy atom. The summed E-state index contributed by atoms with van der Waals surface area (Å²) in [6.07, 6.45) is 0.343. The minimum absolute atomic E-state index is 0.204. The average molecular weight is 450 g/mol. The number of benzene rings is 3. The van der Waals surface area contributed by atoms with Gasteiger partial charge in [0.15, 0.2) is 0 Å². The first kappa shape index (κ1) is 19.4. The molecule has 1 amide bonds. The fourth-order valence-electron chi connectivity index (χ4n) is 3.91. The third-order valence-electron chi connectivity index (χ3n) is 5.28. The van der Waals surface area contributed by atoms with Crippen LogP contribution in [0.5, 0.6) is 0 Å². The molecule has 0 bridgehead atoms. The molecule has 4 nitrogen and oxygen atoms in total. The quantitative estimate of drug-likeness (QED) is 0.584. The van der Waals surface area contributed by atoms with Gasteiger partial charge in [0.05, 0.1) is 13.0 Å². The molecule has 1 atom stereocenters. The second kappa shape index (κ2) is 8.21. The molecule has 5 heteroatoms. The zero-order chi connectivity index (χ0) is 20.4. The molecule has 0 unspecified atom stereocenters. The van der Waals surface area contributed by atoms with Crippen molar-refractivity contribution < 1.29 is 14.3 Å². The van der Waals surface area contributed by atoms with Crippen molar-refractivity contribution in [2.45, 2.75) is 18.4 Å². The molecule has 0 heterocycles. The molecule has 0 spiro atoms. The van der Waals surface area contributed by atoms with Gasteiger partial charge in [-0.3, -0.25) is 4.79 Å². The summed E-state index contributed by atoms with van der Waals surface area (Å²) < 4.78 is 5.85. The molecule has 0 saturated carbocycles. The Balaban J connectivity index is 1.64. The fourth-order valence-corrected chi connectivity index (χ4v) is 4.36. The van der Waals surface area contributed by atoms with Crippen LogP contribution in [0.1, 0.15) is 22.6 Å². The first-order valence-corrected chi connectivity index (χ1v) is 10.2. The summed E-state index contributed by atoms with van der Waals surface area (Å²) in [5.41, 5.74) is 4.95. The van der Waals surface area contributed by atoms with E-state index in [1.807, 2.05) is 72.8 Å². The van der Waals surface area contributed by atoms with Gasteiger partial charge in [-0.05, 0) is 33.9 Å².